The van der Waals surface area contributed by atoms with Gasteiger partial charge in [0.1, 0.15) is 0 Å². The van der Waals surface area contributed by atoms with E-state index >= 15 is 0 Å². The fraction of sp³-hybridized carbons (Fsp3) is 0.619. The Kier molecular flexibility index (Phi) is 3.79. The van der Waals surface area contributed by atoms with Crippen molar-refractivity contribution in [3.63, 3.8) is 0 Å². The minimum absolute atomic E-state index is 0.118. The number of nitrogens with zero attached hydrogens (tertiary/aromatic N) is 6. The Balaban J connectivity index is 1.33. The van der Waals surface area contributed by atoms with Gasteiger partial charge >= 0.3 is 0 Å². The van der Waals surface area contributed by atoms with Crippen molar-refractivity contribution in [2.45, 2.75) is 50.6 Å². The number of piperidine rings is 3. The molecule has 0 aromatic carbocycles. The summed E-state index contributed by atoms with van der Waals surface area (Å²) in [4.78, 5) is 18.3. The summed E-state index contributed by atoms with van der Waals surface area (Å²) in [5.41, 5.74) is 2.86. The third kappa shape index (κ3) is 2.52. The minimum atomic E-state index is 0.118. The van der Waals surface area contributed by atoms with Crippen LogP contribution < -0.4 is 0 Å². The summed E-state index contributed by atoms with van der Waals surface area (Å²) in [6.07, 6.45) is 11.8. The number of carbonyl (C=O) groups excluding carboxylic acids is 1. The molecule has 28 heavy (non-hydrogen) atoms. The molecule has 3 aliphatic heterocycles. The first-order valence-electron chi connectivity index (χ1n) is 10.7. The molecule has 5 heterocycles. The van der Waals surface area contributed by atoms with Gasteiger partial charge in [0.05, 0.1) is 11.6 Å². The van der Waals surface area contributed by atoms with Crippen LogP contribution in [0.4, 0.5) is 0 Å². The van der Waals surface area contributed by atoms with Crippen LogP contribution >= 0.6 is 0 Å². The SMILES string of the molecule is O=C(c1ccc2nnnn2c1)N1CCCC2=C[C@H]3C[C@H](CN4CCCC[C@H]34)[C@H]21. The molecule has 0 spiro atoms. The number of fused-ring (bicyclic) bond motifs is 7. The lowest BCUT2D eigenvalue weighted by molar-refractivity contribution is 0.00146. The molecule has 3 saturated heterocycles. The molecule has 2 aromatic heterocycles. The Hall–Kier alpha value is -2.28. The average molecular weight is 378 g/mol. The van der Waals surface area contributed by atoms with E-state index in [4.69, 9.17) is 0 Å². The number of rotatable bonds is 1. The lowest BCUT2D eigenvalue weighted by atomic mass is 9.68. The van der Waals surface area contributed by atoms with Gasteiger partial charge in [0.2, 0.25) is 0 Å². The number of carbonyl (C=O) groups is 1. The fourth-order valence-corrected chi connectivity index (χ4v) is 6.23. The molecule has 0 saturated carbocycles. The summed E-state index contributed by atoms with van der Waals surface area (Å²) in [6.45, 7) is 3.23. The first-order valence-corrected chi connectivity index (χ1v) is 10.7. The summed E-state index contributed by atoms with van der Waals surface area (Å²) in [5.74, 6) is 1.38. The topological polar surface area (TPSA) is 66.6 Å². The van der Waals surface area contributed by atoms with Crippen molar-refractivity contribution in [1.29, 1.82) is 0 Å². The highest BCUT2D eigenvalue weighted by Gasteiger charge is 2.47. The van der Waals surface area contributed by atoms with Crippen LogP contribution in [0, 0.1) is 11.8 Å². The van der Waals surface area contributed by atoms with E-state index in [-0.39, 0.29) is 11.9 Å². The van der Waals surface area contributed by atoms with Crippen LogP contribution in [0.2, 0.25) is 0 Å². The van der Waals surface area contributed by atoms with Gasteiger partial charge in [-0.05, 0) is 73.0 Å². The van der Waals surface area contributed by atoms with E-state index in [0.29, 0.717) is 23.0 Å². The Morgan fingerprint density at radius 3 is 3.07 bits per heavy atom. The second-order valence-electron chi connectivity index (χ2n) is 8.91. The van der Waals surface area contributed by atoms with Crippen molar-refractivity contribution in [3.8, 4) is 0 Å². The minimum Gasteiger partial charge on any atom is -0.332 e. The van der Waals surface area contributed by atoms with E-state index in [1.165, 1.54) is 37.8 Å². The van der Waals surface area contributed by atoms with Crippen molar-refractivity contribution in [1.82, 2.24) is 29.8 Å². The molecule has 7 heteroatoms. The standard InChI is InChI=1S/C21H26N6O/c28-21(15-6-7-19-22-23-24-27(19)13-15)26-9-3-4-14-10-16-11-17(20(14)26)12-25-8-2-1-5-18(16)25/h6-7,10,13,16-18,20H,1-5,8-9,11-12H2/t16-,17+,18+,20-/m0/s1. The molecule has 0 radical (unpaired) electrons. The Bertz CT molecular complexity index is 951. The number of tetrazole rings is 1. The highest BCUT2D eigenvalue weighted by molar-refractivity contribution is 5.94. The summed E-state index contributed by atoms with van der Waals surface area (Å²) in [5, 5.41) is 11.6. The second-order valence-corrected chi connectivity index (χ2v) is 8.91. The van der Waals surface area contributed by atoms with Crippen LogP contribution in [0.3, 0.4) is 0 Å². The Morgan fingerprint density at radius 2 is 2.11 bits per heavy atom. The van der Waals surface area contributed by atoms with Gasteiger partial charge in [-0.3, -0.25) is 9.69 Å². The molecule has 1 amide bonds. The lowest BCUT2D eigenvalue weighted by Gasteiger charge is -2.54. The van der Waals surface area contributed by atoms with Crippen molar-refractivity contribution >= 4 is 11.6 Å². The van der Waals surface area contributed by atoms with Gasteiger partial charge in [-0.1, -0.05) is 18.1 Å². The maximum absolute atomic E-state index is 13.5. The van der Waals surface area contributed by atoms with Crippen molar-refractivity contribution in [2.75, 3.05) is 19.6 Å². The highest BCUT2D eigenvalue weighted by atomic mass is 16.2. The van der Waals surface area contributed by atoms with Gasteiger partial charge in [-0.15, -0.1) is 5.10 Å². The van der Waals surface area contributed by atoms with Crippen LogP contribution in [0.1, 0.15) is 48.9 Å². The van der Waals surface area contributed by atoms with Crippen LogP contribution in [0.25, 0.3) is 5.65 Å². The lowest BCUT2D eigenvalue weighted by Crippen LogP contribution is -2.60. The summed E-state index contributed by atoms with van der Waals surface area (Å²) >= 11 is 0. The molecule has 0 unspecified atom stereocenters. The molecule has 3 fully saturated rings. The molecule has 7 nitrogen and oxygen atoms in total. The van der Waals surface area contributed by atoms with Gasteiger partial charge in [-0.25, -0.2) is 0 Å². The number of aromatic nitrogens is 4. The predicted molar refractivity (Wildman–Crippen MR) is 104 cm³/mol. The van der Waals surface area contributed by atoms with Crippen LogP contribution in [-0.4, -0.2) is 67.5 Å². The van der Waals surface area contributed by atoms with Crippen molar-refractivity contribution < 1.29 is 4.79 Å². The fourth-order valence-electron chi connectivity index (χ4n) is 6.23. The van der Waals surface area contributed by atoms with Crippen LogP contribution in [0.5, 0.6) is 0 Å². The molecule has 4 atom stereocenters. The van der Waals surface area contributed by atoms with E-state index < -0.39 is 0 Å². The Morgan fingerprint density at radius 1 is 1.14 bits per heavy atom. The van der Waals surface area contributed by atoms with E-state index in [1.54, 1.807) is 10.7 Å². The summed E-state index contributed by atoms with van der Waals surface area (Å²) in [7, 11) is 0. The molecular formula is C21H26N6O. The molecular weight excluding hydrogens is 352 g/mol. The zero-order valence-corrected chi connectivity index (χ0v) is 16.1. The van der Waals surface area contributed by atoms with Crippen molar-refractivity contribution in [2.24, 2.45) is 11.8 Å². The normalized spacial score (nSPS) is 32.6. The van der Waals surface area contributed by atoms with E-state index in [9.17, 15) is 4.79 Å². The number of hydrogen-bond acceptors (Lipinski definition) is 5. The number of pyridine rings is 1. The molecule has 2 aromatic rings. The number of likely N-dealkylation sites (tertiary alicyclic amines) is 1. The smallest absolute Gasteiger partial charge is 0.255 e. The molecule has 4 aliphatic rings. The molecule has 1 aliphatic carbocycles. The largest absolute Gasteiger partial charge is 0.332 e. The van der Waals surface area contributed by atoms with Gasteiger partial charge in [-0.2, -0.15) is 4.52 Å². The molecule has 0 N–H and O–H groups in total. The first-order chi connectivity index (χ1) is 13.8. The molecule has 6 rings (SSSR count). The predicted octanol–water partition coefficient (Wildman–Crippen LogP) is 2.16. The summed E-state index contributed by atoms with van der Waals surface area (Å²) < 4.78 is 1.59. The zero-order valence-electron chi connectivity index (χ0n) is 16.1. The van der Waals surface area contributed by atoms with E-state index in [1.807, 2.05) is 12.1 Å². The van der Waals surface area contributed by atoms with Crippen molar-refractivity contribution in [3.05, 3.63) is 35.5 Å². The summed E-state index contributed by atoms with van der Waals surface area (Å²) in [6, 6.07) is 4.69. The van der Waals surface area contributed by atoms with Crippen LogP contribution in [-0.2, 0) is 0 Å². The molecule has 2 bridgehead atoms. The average Bonchev–Trinajstić information content (AvgIpc) is 3.21. The second kappa shape index (κ2) is 6.37. The number of amides is 1. The van der Waals surface area contributed by atoms with Gasteiger partial charge in [0, 0.05) is 25.3 Å². The number of hydrogen-bond donors (Lipinski definition) is 0. The highest BCUT2D eigenvalue weighted by Crippen LogP contribution is 2.45. The zero-order chi connectivity index (χ0) is 18.7. The third-order valence-electron chi connectivity index (χ3n) is 7.36. The van der Waals surface area contributed by atoms with Crippen LogP contribution in [0.15, 0.2) is 30.0 Å². The maximum Gasteiger partial charge on any atom is 0.255 e. The quantitative estimate of drug-likeness (QED) is 0.712. The monoisotopic (exact) mass is 378 g/mol. The van der Waals surface area contributed by atoms with E-state index in [2.05, 4.69) is 31.4 Å². The molecule has 146 valence electrons. The Labute approximate surface area is 164 Å². The van der Waals surface area contributed by atoms with Gasteiger partial charge < -0.3 is 4.90 Å². The van der Waals surface area contributed by atoms with Gasteiger partial charge in [0.25, 0.3) is 5.91 Å². The van der Waals surface area contributed by atoms with E-state index in [0.717, 1.165) is 32.0 Å². The third-order valence-corrected chi connectivity index (χ3v) is 7.36. The van der Waals surface area contributed by atoms with Gasteiger partial charge in [0.15, 0.2) is 5.65 Å². The first kappa shape index (κ1) is 16.7. The maximum atomic E-state index is 13.5.